The van der Waals surface area contributed by atoms with Crippen molar-refractivity contribution in [2.24, 2.45) is 0 Å². The molecule has 1 N–H and O–H groups in total. The highest BCUT2D eigenvalue weighted by molar-refractivity contribution is 5.92. The lowest BCUT2D eigenvalue weighted by Gasteiger charge is -2.34. The summed E-state index contributed by atoms with van der Waals surface area (Å²) in [5.41, 5.74) is 1.47. The fraction of sp³-hybridized carbons (Fsp3) is 0.600. The van der Waals surface area contributed by atoms with Crippen LogP contribution in [0.1, 0.15) is 73.2 Å². The van der Waals surface area contributed by atoms with Crippen molar-refractivity contribution >= 4 is 11.9 Å². The van der Waals surface area contributed by atoms with E-state index in [2.05, 4.69) is 0 Å². The molecule has 1 amide bonds. The third-order valence-electron chi connectivity index (χ3n) is 6.33. The first kappa shape index (κ1) is 24.3. The van der Waals surface area contributed by atoms with Crippen LogP contribution in [0.3, 0.4) is 0 Å². The Morgan fingerprint density at radius 2 is 1.84 bits per heavy atom. The van der Waals surface area contributed by atoms with Crippen molar-refractivity contribution < 1.29 is 28.9 Å². The van der Waals surface area contributed by atoms with Crippen LogP contribution in [0.5, 0.6) is 0 Å². The van der Waals surface area contributed by atoms with Gasteiger partial charge in [-0.25, -0.2) is 4.79 Å². The number of rotatable bonds is 9. The molecule has 7 heteroatoms. The fourth-order valence-corrected chi connectivity index (χ4v) is 4.36. The van der Waals surface area contributed by atoms with Gasteiger partial charge in [-0.15, -0.1) is 0 Å². The molecule has 1 heterocycles. The molecule has 2 aliphatic rings. The van der Waals surface area contributed by atoms with E-state index in [-0.39, 0.29) is 30.4 Å². The number of carbonyl (C=O) groups excluding carboxylic acids is 2. The summed E-state index contributed by atoms with van der Waals surface area (Å²) in [6, 6.07) is 7.47. The Labute approximate surface area is 190 Å². The van der Waals surface area contributed by atoms with E-state index >= 15 is 0 Å². The number of allylic oxidation sites excluding steroid dienone is 1. The Hall–Kier alpha value is -2.38. The van der Waals surface area contributed by atoms with Crippen molar-refractivity contribution in [3.05, 3.63) is 47.2 Å². The van der Waals surface area contributed by atoms with Crippen LogP contribution in [-0.2, 0) is 19.0 Å². The third kappa shape index (κ3) is 6.33. The summed E-state index contributed by atoms with van der Waals surface area (Å²) >= 11 is 0. The van der Waals surface area contributed by atoms with E-state index in [4.69, 9.17) is 19.3 Å². The quantitative estimate of drug-likeness (QED) is 0.460. The standard InChI is InChI=1S/C25H35NO6/c1-26(21-8-4-3-5-9-21)24(28)22-16-20(17-23(32-22)31-15-7-6-14-27)18-10-12-19(13-11-18)25(29)30-2/h10-13,16,20-21,23,27H,3-9,14-15,17H2,1-2H3/t20-,23+/m0/s1. The average molecular weight is 446 g/mol. The number of nitrogens with zero attached hydrogens (tertiary/aromatic N) is 1. The van der Waals surface area contributed by atoms with Gasteiger partial charge in [0, 0.05) is 32.0 Å². The number of carbonyl (C=O) groups is 2. The number of esters is 1. The maximum atomic E-state index is 13.3. The highest BCUT2D eigenvalue weighted by Crippen LogP contribution is 2.33. The topological polar surface area (TPSA) is 85.3 Å². The number of hydrogen-bond acceptors (Lipinski definition) is 6. The molecule has 0 spiro atoms. The van der Waals surface area contributed by atoms with Gasteiger partial charge in [0.05, 0.1) is 19.3 Å². The molecule has 3 rings (SSSR count). The Balaban J connectivity index is 1.77. The minimum absolute atomic E-state index is 0.0722. The molecule has 2 atom stereocenters. The van der Waals surface area contributed by atoms with Gasteiger partial charge in [0.1, 0.15) is 0 Å². The van der Waals surface area contributed by atoms with Crippen LogP contribution in [0.25, 0.3) is 0 Å². The molecule has 32 heavy (non-hydrogen) atoms. The predicted molar refractivity (Wildman–Crippen MR) is 120 cm³/mol. The van der Waals surface area contributed by atoms with Gasteiger partial charge >= 0.3 is 5.97 Å². The average Bonchev–Trinajstić information content (AvgIpc) is 2.85. The first-order chi connectivity index (χ1) is 15.5. The molecule has 0 aromatic heterocycles. The van der Waals surface area contributed by atoms with Crippen LogP contribution in [0, 0.1) is 0 Å². The zero-order valence-corrected chi connectivity index (χ0v) is 19.1. The molecular formula is C25H35NO6. The minimum Gasteiger partial charge on any atom is -0.465 e. The van der Waals surface area contributed by atoms with Crippen molar-refractivity contribution in [1.82, 2.24) is 4.90 Å². The lowest BCUT2D eigenvalue weighted by Crippen LogP contribution is -2.41. The lowest BCUT2D eigenvalue weighted by molar-refractivity contribution is -0.153. The number of likely N-dealkylation sites (N-methyl/N-ethyl adjacent to an activating group) is 1. The number of benzene rings is 1. The van der Waals surface area contributed by atoms with E-state index in [1.54, 1.807) is 12.1 Å². The van der Waals surface area contributed by atoms with Crippen molar-refractivity contribution in [2.45, 2.75) is 69.6 Å². The predicted octanol–water partition coefficient (Wildman–Crippen LogP) is 3.77. The van der Waals surface area contributed by atoms with Crippen molar-refractivity contribution in [1.29, 1.82) is 0 Å². The van der Waals surface area contributed by atoms with Crippen molar-refractivity contribution in [3.63, 3.8) is 0 Å². The van der Waals surface area contributed by atoms with Crippen LogP contribution >= 0.6 is 0 Å². The maximum Gasteiger partial charge on any atom is 0.337 e. The molecule has 0 bridgehead atoms. The number of hydrogen-bond donors (Lipinski definition) is 1. The Morgan fingerprint density at radius 3 is 2.50 bits per heavy atom. The molecule has 1 aromatic carbocycles. The van der Waals surface area contributed by atoms with Crippen LogP contribution in [0.4, 0.5) is 0 Å². The summed E-state index contributed by atoms with van der Waals surface area (Å²) in [5.74, 6) is -0.249. The molecule has 0 saturated heterocycles. The number of aliphatic hydroxyl groups is 1. The molecule has 1 saturated carbocycles. The van der Waals surface area contributed by atoms with E-state index in [1.165, 1.54) is 13.5 Å². The first-order valence-electron chi connectivity index (χ1n) is 11.6. The molecule has 0 unspecified atom stereocenters. The zero-order valence-electron chi connectivity index (χ0n) is 19.1. The van der Waals surface area contributed by atoms with Gasteiger partial charge in [0.25, 0.3) is 5.91 Å². The van der Waals surface area contributed by atoms with Gasteiger partial charge in [-0.2, -0.15) is 0 Å². The number of unbranched alkanes of at least 4 members (excludes halogenated alkanes) is 1. The highest BCUT2D eigenvalue weighted by atomic mass is 16.7. The highest BCUT2D eigenvalue weighted by Gasteiger charge is 2.32. The minimum atomic E-state index is -0.539. The van der Waals surface area contributed by atoms with Gasteiger partial charge < -0.3 is 24.2 Å². The molecule has 1 aliphatic heterocycles. The van der Waals surface area contributed by atoms with E-state index < -0.39 is 6.29 Å². The second-order valence-corrected chi connectivity index (χ2v) is 8.54. The van der Waals surface area contributed by atoms with Crippen molar-refractivity contribution in [2.75, 3.05) is 27.4 Å². The first-order valence-corrected chi connectivity index (χ1v) is 11.6. The van der Waals surface area contributed by atoms with Crippen LogP contribution in [0.2, 0.25) is 0 Å². The molecule has 1 fully saturated rings. The molecule has 1 aliphatic carbocycles. The molecule has 0 radical (unpaired) electrons. The third-order valence-corrected chi connectivity index (χ3v) is 6.33. The number of amides is 1. The van der Waals surface area contributed by atoms with E-state index in [0.29, 0.717) is 30.8 Å². The van der Waals surface area contributed by atoms with E-state index in [9.17, 15) is 9.59 Å². The van der Waals surface area contributed by atoms with Gasteiger partial charge in [-0.3, -0.25) is 4.79 Å². The van der Waals surface area contributed by atoms with E-state index in [0.717, 1.165) is 37.7 Å². The molecule has 7 nitrogen and oxygen atoms in total. The summed E-state index contributed by atoms with van der Waals surface area (Å²) < 4.78 is 16.7. The van der Waals surface area contributed by atoms with Gasteiger partial charge in [0.2, 0.25) is 6.29 Å². The van der Waals surface area contributed by atoms with E-state index in [1.807, 2.05) is 30.2 Å². The fourth-order valence-electron chi connectivity index (χ4n) is 4.36. The molecule has 176 valence electrons. The normalized spacial score (nSPS) is 21.4. The lowest BCUT2D eigenvalue weighted by atomic mass is 9.91. The largest absolute Gasteiger partial charge is 0.465 e. The summed E-state index contributed by atoms with van der Waals surface area (Å²) in [7, 11) is 3.21. The van der Waals surface area contributed by atoms with Crippen LogP contribution < -0.4 is 0 Å². The summed E-state index contributed by atoms with van der Waals surface area (Å²) in [6.45, 7) is 0.582. The Kier molecular flexibility index (Phi) is 9.11. The van der Waals surface area contributed by atoms with Gasteiger partial charge in [-0.1, -0.05) is 31.4 Å². The summed E-state index contributed by atoms with van der Waals surface area (Å²) in [4.78, 5) is 26.8. The molecular weight excluding hydrogens is 410 g/mol. The van der Waals surface area contributed by atoms with Crippen LogP contribution in [0.15, 0.2) is 36.1 Å². The number of methoxy groups -OCH3 is 1. The second-order valence-electron chi connectivity index (χ2n) is 8.54. The molecule has 1 aromatic rings. The van der Waals surface area contributed by atoms with Crippen LogP contribution in [-0.4, -0.2) is 61.6 Å². The van der Waals surface area contributed by atoms with Gasteiger partial charge in [0.15, 0.2) is 5.76 Å². The monoisotopic (exact) mass is 445 g/mol. The number of ether oxygens (including phenoxy) is 3. The van der Waals surface area contributed by atoms with Crippen molar-refractivity contribution in [3.8, 4) is 0 Å². The summed E-state index contributed by atoms with van der Waals surface area (Å²) in [5, 5.41) is 8.99. The number of aliphatic hydroxyl groups excluding tert-OH is 1. The SMILES string of the molecule is COC(=O)c1ccc([C@H]2C=C(C(=O)N(C)C3CCCCC3)O[C@@H](OCCCCO)C2)cc1. The van der Waals surface area contributed by atoms with Gasteiger partial charge in [-0.05, 0) is 49.5 Å². The summed E-state index contributed by atoms with van der Waals surface area (Å²) in [6.07, 6.45) is 8.86. The smallest absolute Gasteiger partial charge is 0.337 e. The Morgan fingerprint density at radius 1 is 1.12 bits per heavy atom. The Bertz CT molecular complexity index is 784. The zero-order chi connectivity index (χ0) is 22.9. The maximum absolute atomic E-state index is 13.3. The second kappa shape index (κ2) is 12.0.